The minimum atomic E-state index is -0.506. The van der Waals surface area contributed by atoms with Gasteiger partial charge in [-0.15, -0.1) is 0 Å². The first kappa shape index (κ1) is 11.4. The van der Waals surface area contributed by atoms with Crippen molar-refractivity contribution in [3.63, 3.8) is 0 Å². The fourth-order valence-electron chi connectivity index (χ4n) is 1.11. The van der Waals surface area contributed by atoms with E-state index in [1.54, 1.807) is 12.1 Å². The molecule has 1 rings (SSSR count). The third-order valence-electron chi connectivity index (χ3n) is 1.87. The van der Waals surface area contributed by atoms with E-state index in [-0.39, 0.29) is 11.9 Å². The number of hydrogen-bond donors (Lipinski definition) is 2. The Hall–Kier alpha value is -1.69. The highest BCUT2D eigenvalue weighted by atomic mass is 16.6. The smallest absolute Gasteiger partial charge is 0.378 e. The Morgan fingerprint density at radius 3 is 3.07 bits per heavy atom. The second-order valence-corrected chi connectivity index (χ2v) is 3.32. The lowest BCUT2D eigenvalue weighted by Crippen LogP contribution is -2.19. The van der Waals surface area contributed by atoms with Crippen LogP contribution in [0.2, 0.25) is 0 Å². The number of pyridine rings is 1. The molecule has 1 atom stereocenters. The van der Waals surface area contributed by atoms with Gasteiger partial charge in [-0.3, -0.25) is 0 Å². The predicted octanol–water partition coefficient (Wildman–Crippen LogP) is 1.14. The summed E-state index contributed by atoms with van der Waals surface area (Å²) < 4.78 is 0. The van der Waals surface area contributed by atoms with Crippen LogP contribution in [0.5, 0.6) is 0 Å². The molecule has 0 aliphatic carbocycles. The van der Waals surface area contributed by atoms with Gasteiger partial charge in [0.2, 0.25) is 0 Å². The average Bonchev–Trinajstić information content (AvgIpc) is 2.17. The summed E-state index contributed by atoms with van der Waals surface area (Å²) in [6.07, 6.45) is 2.15. The summed E-state index contributed by atoms with van der Waals surface area (Å²) in [7, 11) is 0. The number of aromatic nitrogens is 1. The van der Waals surface area contributed by atoms with Gasteiger partial charge in [-0.25, -0.2) is 0 Å². The van der Waals surface area contributed by atoms with Crippen LogP contribution in [0.15, 0.2) is 18.3 Å². The third-order valence-corrected chi connectivity index (χ3v) is 1.87. The van der Waals surface area contributed by atoms with E-state index in [9.17, 15) is 10.1 Å². The van der Waals surface area contributed by atoms with Crippen molar-refractivity contribution in [3.05, 3.63) is 28.4 Å². The SMILES string of the molecule is CC(N)CCNc1cccnc1[N+](=O)[O-]. The molecule has 1 aromatic rings. The Balaban J connectivity index is 2.63. The Morgan fingerprint density at radius 2 is 2.47 bits per heavy atom. The van der Waals surface area contributed by atoms with Gasteiger partial charge in [-0.05, 0) is 35.4 Å². The van der Waals surface area contributed by atoms with Crippen molar-refractivity contribution in [2.45, 2.75) is 19.4 Å². The molecule has 6 heteroatoms. The molecule has 1 unspecified atom stereocenters. The summed E-state index contributed by atoms with van der Waals surface area (Å²) in [4.78, 5) is 13.8. The minimum Gasteiger partial charge on any atom is -0.378 e. The van der Waals surface area contributed by atoms with Crippen LogP contribution < -0.4 is 11.1 Å². The number of hydrogen-bond acceptors (Lipinski definition) is 5. The van der Waals surface area contributed by atoms with Crippen LogP contribution in [0.25, 0.3) is 0 Å². The van der Waals surface area contributed by atoms with E-state index in [4.69, 9.17) is 5.73 Å². The molecule has 0 spiro atoms. The number of nitro groups is 1. The molecule has 6 nitrogen and oxygen atoms in total. The van der Waals surface area contributed by atoms with Crippen molar-refractivity contribution < 1.29 is 4.92 Å². The lowest BCUT2D eigenvalue weighted by Gasteiger charge is -2.07. The highest BCUT2D eigenvalue weighted by Crippen LogP contribution is 2.19. The fraction of sp³-hybridized carbons (Fsp3) is 0.444. The largest absolute Gasteiger partial charge is 0.386 e. The van der Waals surface area contributed by atoms with Gasteiger partial charge in [0, 0.05) is 12.6 Å². The Bertz CT molecular complexity index is 341. The first-order chi connectivity index (χ1) is 7.11. The molecule has 0 saturated carbocycles. The first-order valence-corrected chi connectivity index (χ1v) is 4.70. The molecule has 1 aromatic heterocycles. The lowest BCUT2D eigenvalue weighted by atomic mass is 10.2. The van der Waals surface area contributed by atoms with Crippen LogP contribution in [-0.2, 0) is 0 Å². The molecule has 1 heterocycles. The van der Waals surface area contributed by atoms with Gasteiger partial charge in [-0.2, -0.15) is 0 Å². The van der Waals surface area contributed by atoms with E-state index in [1.807, 2.05) is 6.92 Å². The zero-order chi connectivity index (χ0) is 11.3. The second-order valence-electron chi connectivity index (χ2n) is 3.32. The quantitative estimate of drug-likeness (QED) is 0.561. The van der Waals surface area contributed by atoms with E-state index >= 15 is 0 Å². The number of nitrogens with one attached hydrogen (secondary N) is 1. The molecule has 82 valence electrons. The fourth-order valence-corrected chi connectivity index (χ4v) is 1.11. The van der Waals surface area contributed by atoms with Crippen molar-refractivity contribution >= 4 is 11.5 Å². The average molecular weight is 210 g/mol. The zero-order valence-corrected chi connectivity index (χ0v) is 8.51. The molecule has 0 bridgehead atoms. The van der Waals surface area contributed by atoms with Crippen molar-refractivity contribution in [3.8, 4) is 0 Å². The maximum Gasteiger partial charge on any atom is 0.386 e. The molecule has 0 amide bonds. The zero-order valence-electron chi connectivity index (χ0n) is 8.51. The Kier molecular flexibility index (Phi) is 3.99. The van der Waals surface area contributed by atoms with Crippen LogP contribution in [0.1, 0.15) is 13.3 Å². The Morgan fingerprint density at radius 1 is 1.73 bits per heavy atom. The normalized spacial score (nSPS) is 12.1. The van der Waals surface area contributed by atoms with Crippen molar-refractivity contribution in [2.75, 3.05) is 11.9 Å². The number of anilines is 1. The van der Waals surface area contributed by atoms with E-state index in [2.05, 4.69) is 10.3 Å². The summed E-state index contributed by atoms with van der Waals surface area (Å²) in [6.45, 7) is 2.49. The first-order valence-electron chi connectivity index (χ1n) is 4.70. The van der Waals surface area contributed by atoms with Crippen LogP contribution in [-0.4, -0.2) is 22.5 Å². The predicted molar refractivity (Wildman–Crippen MR) is 57.6 cm³/mol. The van der Waals surface area contributed by atoms with Crippen molar-refractivity contribution in [1.29, 1.82) is 0 Å². The Labute approximate surface area is 87.7 Å². The van der Waals surface area contributed by atoms with Crippen molar-refractivity contribution in [1.82, 2.24) is 4.98 Å². The highest BCUT2D eigenvalue weighted by Gasteiger charge is 2.12. The summed E-state index contributed by atoms with van der Waals surface area (Å²) in [6, 6.07) is 3.36. The molecule has 15 heavy (non-hydrogen) atoms. The van der Waals surface area contributed by atoms with Crippen molar-refractivity contribution in [2.24, 2.45) is 5.73 Å². The topological polar surface area (TPSA) is 94.1 Å². The van der Waals surface area contributed by atoms with Gasteiger partial charge in [0.05, 0.1) is 0 Å². The van der Waals surface area contributed by atoms with Gasteiger partial charge < -0.3 is 21.2 Å². The maximum absolute atomic E-state index is 10.6. The molecule has 0 aromatic carbocycles. The molecule has 0 saturated heterocycles. The third kappa shape index (κ3) is 3.51. The minimum absolute atomic E-state index is 0.0771. The molecule has 0 aliphatic heterocycles. The van der Waals surface area contributed by atoms with Gasteiger partial charge in [0.25, 0.3) is 0 Å². The van der Waals surface area contributed by atoms with Gasteiger partial charge >= 0.3 is 5.82 Å². The molecular formula is C9H14N4O2. The monoisotopic (exact) mass is 210 g/mol. The second kappa shape index (κ2) is 5.26. The number of nitrogens with zero attached hydrogens (tertiary/aromatic N) is 2. The van der Waals surface area contributed by atoms with E-state index < -0.39 is 4.92 Å². The van der Waals surface area contributed by atoms with E-state index in [1.165, 1.54) is 6.20 Å². The molecular weight excluding hydrogens is 196 g/mol. The maximum atomic E-state index is 10.6. The van der Waals surface area contributed by atoms with Crippen LogP contribution in [0, 0.1) is 10.1 Å². The van der Waals surface area contributed by atoms with Gasteiger partial charge in [0.15, 0.2) is 0 Å². The molecule has 0 radical (unpaired) electrons. The summed E-state index contributed by atoms with van der Waals surface area (Å²) >= 11 is 0. The van der Waals surface area contributed by atoms with Crippen LogP contribution in [0.3, 0.4) is 0 Å². The molecule has 0 aliphatic rings. The van der Waals surface area contributed by atoms with E-state index in [0.29, 0.717) is 12.2 Å². The number of rotatable bonds is 5. The highest BCUT2D eigenvalue weighted by molar-refractivity contribution is 5.56. The summed E-state index contributed by atoms with van der Waals surface area (Å²) in [5, 5.41) is 13.5. The van der Waals surface area contributed by atoms with Gasteiger partial charge in [-0.1, -0.05) is 0 Å². The van der Waals surface area contributed by atoms with E-state index in [0.717, 1.165) is 6.42 Å². The standard InChI is InChI=1S/C9H14N4O2/c1-7(10)4-6-11-8-3-2-5-12-9(8)13(14)15/h2-3,5,7,11H,4,6,10H2,1H3. The van der Waals surface area contributed by atoms with Gasteiger partial charge in [0.1, 0.15) is 11.9 Å². The lowest BCUT2D eigenvalue weighted by molar-refractivity contribution is -0.388. The summed E-state index contributed by atoms with van der Waals surface area (Å²) in [5.74, 6) is -0.151. The van der Waals surface area contributed by atoms with Crippen LogP contribution >= 0.6 is 0 Å². The summed E-state index contributed by atoms with van der Waals surface area (Å²) in [5.41, 5.74) is 6.00. The van der Waals surface area contributed by atoms with Crippen LogP contribution in [0.4, 0.5) is 11.5 Å². The molecule has 0 fully saturated rings. The molecule has 3 N–H and O–H groups in total. The number of nitrogens with two attached hydrogens (primary N) is 1.